The fraction of sp³-hybridized carbons (Fsp3) is 0.900. The Morgan fingerprint density at radius 1 is 1.31 bits per heavy atom. The van der Waals surface area contributed by atoms with Gasteiger partial charge in [0, 0.05) is 25.2 Å². The van der Waals surface area contributed by atoms with Gasteiger partial charge in [-0.05, 0) is 33.1 Å². The monoisotopic (exact) mass is 182 g/mol. The van der Waals surface area contributed by atoms with Gasteiger partial charge in [-0.1, -0.05) is 0 Å². The van der Waals surface area contributed by atoms with Crippen molar-refractivity contribution in [2.75, 3.05) is 13.1 Å². The first-order chi connectivity index (χ1) is 6.20. The average Bonchev–Trinajstić information content (AvgIpc) is 2.29. The summed E-state index contributed by atoms with van der Waals surface area (Å²) >= 11 is 0. The molecule has 0 aromatic carbocycles. The van der Waals surface area contributed by atoms with Crippen molar-refractivity contribution < 1.29 is 4.79 Å². The molecule has 74 valence electrons. The van der Waals surface area contributed by atoms with Gasteiger partial charge in [0.1, 0.15) is 0 Å². The van der Waals surface area contributed by atoms with E-state index >= 15 is 0 Å². The van der Waals surface area contributed by atoms with Gasteiger partial charge in [0.15, 0.2) is 0 Å². The highest BCUT2D eigenvalue weighted by Crippen LogP contribution is 2.28. The molecule has 0 atom stereocenters. The van der Waals surface area contributed by atoms with Crippen LogP contribution < -0.4 is 0 Å². The molecule has 2 aliphatic rings. The quantitative estimate of drug-likeness (QED) is 0.637. The first-order valence-corrected chi connectivity index (χ1v) is 5.27. The zero-order valence-corrected chi connectivity index (χ0v) is 8.49. The maximum Gasteiger partial charge on any atom is 0.320 e. The maximum atomic E-state index is 11.8. The van der Waals surface area contributed by atoms with Crippen molar-refractivity contribution in [3.63, 3.8) is 0 Å². The van der Waals surface area contributed by atoms with Gasteiger partial charge in [-0.3, -0.25) is 0 Å². The molecule has 0 spiro atoms. The molecule has 0 aromatic rings. The van der Waals surface area contributed by atoms with Crippen LogP contribution in [0.25, 0.3) is 0 Å². The molecule has 1 saturated heterocycles. The standard InChI is InChI=1S/C10H18N2O/c1-8(2)11-6-7-12(10(11)13)9-4-3-5-9/h8-9H,3-7H2,1-2H3. The molecule has 0 unspecified atom stereocenters. The molecule has 0 radical (unpaired) electrons. The van der Waals surface area contributed by atoms with Gasteiger partial charge >= 0.3 is 6.03 Å². The first-order valence-electron chi connectivity index (χ1n) is 5.27. The Morgan fingerprint density at radius 3 is 2.38 bits per heavy atom. The van der Waals surface area contributed by atoms with Crippen molar-refractivity contribution in [3.05, 3.63) is 0 Å². The summed E-state index contributed by atoms with van der Waals surface area (Å²) in [5, 5.41) is 0. The van der Waals surface area contributed by atoms with Crippen molar-refractivity contribution in [1.29, 1.82) is 0 Å². The lowest BCUT2D eigenvalue weighted by molar-refractivity contribution is 0.144. The van der Waals surface area contributed by atoms with Gasteiger partial charge in [0.25, 0.3) is 0 Å². The van der Waals surface area contributed by atoms with E-state index in [0.29, 0.717) is 12.1 Å². The molecule has 0 aromatic heterocycles. The van der Waals surface area contributed by atoms with Gasteiger partial charge in [-0.2, -0.15) is 0 Å². The molecule has 1 aliphatic carbocycles. The Bertz CT molecular complexity index is 211. The van der Waals surface area contributed by atoms with Crippen molar-refractivity contribution in [2.45, 2.75) is 45.2 Å². The number of urea groups is 1. The van der Waals surface area contributed by atoms with Crippen LogP contribution in [0.5, 0.6) is 0 Å². The van der Waals surface area contributed by atoms with E-state index in [0.717, 1.165) is 13.1 Å². The van der Waals surface area contributed by atoms with E-state index in [1.54, 1.807) is 0 Å². The van der Waals surface area contributed by atoms with Crippen LogP contribution in [0.4, 0.5) is 4.79 Å². The normalized spacial score (nSPS) is 24.4. The second kappa shape index (κ2) is 3.20. The lowest BCUT2D eigenvalue weighted by Gasteiger charge is -2.34. The Kier molecular flexibility index (Phi) is 2.18. The molecule has 13 heavy (non-hydrogen) atoms. The zero-order chi connectivity index (χ0) is 9.42. The van der Waals surface area contributed by atoms with E-state index in [9.17, 15) is 4.79 Å². The number of hydrogen-bond acceptors (Lipinski definition) is 1. The van der Waals surface area contributed by atoms with Crippen LogP contribution in [-0.4, -0.2) is 41.0 Å². The Hall–Kier alpha value is -0.730. The summed E-state index contributed by atoms with van der Waals surface area (Å²) in [6.07, 6.45) is 3.74. The predicted molar refractivity (Wildman–Crippen MR) is 51.6 cm³/mol. The number of carbonyl (C=O) groups excluding carboxylic acids is 1. The lowest BCUT2D eigenvalue weighted by Crippen LogP contribution is -2.44. The van der Waals surface area contributed by atoms with Crippen LogP contribution in [0.3, 0.4) is 0 Å². The second-order valence-electron chi connectivity index (χ2n) is 4.35. The minimum absolute atomic E-state index is 0.264. The molecule has 1 saturated carbocycles. The molecule has 2 rings (SSSR count). The third-order valence-electron chi connectivity index (χ3n) is 3.21. The summed E-state index contributed by atoms with van der Waals surface area (Å²) in [7, 11) is 0. The molecule has 1 heterocycles. The Labute approximate surface area is 79.7 Å². The summed E-state index contributed by atoms with van der Waals surface area (Å²) in [5.74, 6) is 0. The summed E-state index contributed by atoms with van der Waals surface area (Å²) in [6, 6.07) is 1.19. The highest BCUT2D eigenvalue weighted by Gasteiger charge is 2.36. The van der Waals surface area contributed by atoms with Gasteiger partial charge < -0.3 is 9.80 Å². The van der Waals surface area contributed by atoms with Crippen LogP contribution in [0.15, 0.2) is 0 Å². The largest absolute Gasteiger partial charge is 0.320 e. The lowest BCUT2D eigenvalue weighted by atomic mass is 9.92. The molecule has 3 heteroatoms. The van der Waals surface area contributed by atoms with Gasteiger partial charge in [0.05, 0.1) is 0 Å². The third kappa shape index (κ3) is 1.40. The molecule has 2 amide bonds. The van der Waals surface area contributed by atoms with E-state index in [-0.39, 0.29) is 6.03 Å². The summed E-state index contributed by atoms with van der Waals surface area (Å²) in [5.41, 5.74) is 0. The average molecular weight is 182 g/mol. The van der Waals surface area contributed by atoms with Crippen molar-refractivity contribution in [1.82, 2.24) is 9.80 Å². The van der Waals surface area contributed by atoms with Crippen LogP contribution >= 0.6 is 0 Å². The molecule has 1 aliphatic heterocycles. The molecule has 0 N–H and O–H groups in total. The Morgan fingerprint density at radius 2 is 2.00 bits per heavy atom. The van der Waals surface area contributed by atoms with Crippen LogP contribution in [-0.2, 0) is 0 Å². The van der Waals surface area contributed by atoms with Crippen molar-refractivity contribution in [3.8, 4) is 0 Å². The minimum Gasteiger partial charge on any atom is -0.320 e. The molecular formula is C10H18N2O. The van der Waals surface area contributed by atoms with E-state index in [4.69, 9.17) is 0 Å². The SMILES string of the molecule is CC(C)N1CCN(C2CCC2)C1=O. The number of carbonyl (C=O) groups is 1. The highest BCUT2D eigenvalue weighted by atomic mass is 16.2. The highest BCUT2D eigenvalue weighted by molar-refractivity contribution is 5.77. The molecule has 2 fully saturated rings. The van der Waals surface area contributed by atoms with Crippen LogP contribution in [0, 0.1) is 0 Å². The molecule has 0 bridgehead atoms. The van der Waals surface area contributed by atoms with Crippen LogP contribution in [0.1, 0.15) is 33.1 Å². The van der Waals surface area contributed by atoms with E-state index in [2.05, 4.69) is 18.7 Å². The minimum atomic E-state index is 0.264. The third-order valence-corrected chi connectivity index (χ3v) is 3.21. The number of hydrogen-bond donors (Lipinski definition) is 0. The first kappa shape index (κ1) is 8.85. The fourth-order valence-corrected chi connectivity index (χ4v) is 2.09. The smallest absolute Gasteiger partial charge is 0.320 e. The van der Waals surface area contributed by atoms with Gasteiger partial charge in [-0.15, -0.1) is 0 Å². The number of rotatable bonds is 2. The summed E-state index contributed by atoms with van der Waals surface area (Å²) < 4.78 is 0. The molecular weight excluding hydrogens is 164 g/mol. The second-order valence-corrected chi connectivity index (χ2v) is 4.35. The van der Waals surface area contributed by atoms with E-state index < -0.39 is 0 Å². The fourth-order valence-electron chi connectivity index (χ4n) is 2.09. The zero-order valence-electron chi connectivity index (χ0n) is 8.49. The maximum absolute atomic E-state index is 11.8. The Balaban J connectivity index is 1.97. The predicted octanol–water partition coefficient (Wildman–Crippen LogP) is 1.68. The van der Waals surface area contributed by atoms with Crippen LogP contribution in [0.2, 0.25) is 0 Å². The number of nitrogens with zero attached hydrogens (tertiary/aromatic N) is 2. The van der Waals surface area contributed by atoms with E-state index in [1.165, 1.54) is 19.3 Å². The number of amides is 2. The van der Waals surface area contributed by atoms with Crippen molar-refractivity contribution in [2.24, 2.45) is 0 Å². The summed E-state index contributed by atoms with van der Waals surface area (Å²) in [4.78, 5) is 15.9. The molecule has 3 nitrogen and oxygen atoms in total. The van der Waals surface area contributed by atoms with Crippen molar-refractivity contribution >= 4 is 6.03 Å². The van der Waals surface area contributed by atoms with E-state index in [1.807, 2.05) is 4.90 Å². The topological polar surface area (TPSA) is 23.6 Å². The van der Waals surface area contributed by atoms with Gasteiger partial charge in [0.2, 0.25) is 0 Å². The van der Waals surface area contributed by atoms with Gasteiger partial charge in [-0.25, -0.2) is 4.79 Å². The summed E-state index contributed by atoms with van der Waals surface area (Å²) in [6.45, 7) is 6.04.